The predicted molar refractivity (Wildman–Crippen MR) is 81.1 cm³/mol. The second kappa shape index (κ2) is 7.18. The Hall–Kier alpha value is -0.940. The van der Waals surface area contributed by atoms with Gasteiger partial charge in [0.1, 0.15) is 5.01 Å². The molecule has 1 aromatic rings. The molecule has 0 radical (unpaired) electrons. The number of aliphatic carboxylic acids is 1. The van der Waals surface area contributed by atoms with Crippen LogP contribution in [0.15, 0.2) is 0 Å². The fourth-order valence-corrected chi connectivity index (χ4v) is 3.98. The number of thiazole rings is 1. The Morgan fingerprint density at radius 2 is 2.35 bits per heavy atom. The maximum Gasteiger partial charge on any atom is 0.308 e. The smallest absolute Gasteiger partial charge is 0.308 e. The van der Waals surface area contributed by atoms with E-state index in [0.29, 0.717) is 0 Å². The minimum absolute atomic E-state index is 0.114. The molecule has 1 unspecified atom stereocenters. The third-order valence-corrected chi connectivity index (χ3v) is 4.80. The zero-order valence-electron chi connectivity index (χ0n) is 12.4. The van der Waals surface area contributed by atoms with Crippen LogP contribution in [-0.4, -0.2) is 34.0 Å². The molecule has 1 fully saturated rings. The van der Waals surface area contributed by atoms with Gasteiger partial charge in [0, 0.05) is 11.4 Å². The number of aryl methyl sites for hydroxylation is 1. The van der Waals surface area contributed by atoms with E-state index in [2.05, 4.69) is 23.7 Å². The maximum atomic E-state index is 10.9. The Kier molecular flexibility index (Phi) is 5.54. The molecule has 0 saturated carbocycles. The van der Waals surface area contributed by atoms with Crippen molar-refractivity contribution in [2.24, 2.45) is 5.92 Å². The molecule has 4 nitrogen and oxygen atoms in total. The number of rotatable bonds is 6. The van der Waals surface area contributed by atoms with Gasteiger partial charge in [-0.25, -0.2) is 4.98 Å². The first kappa shape index (κ1) is 15.4. The van der Waals surface area contributed by atoms with Gasteiger partial charge in [-0.1, -0.05) is 20.3 Å². The van der Waals surface area contributed by atoms with Crippen LogP contribution in [0, 0.1) is 5.92 Å². The number of hydrogen-bond acceptors (Lipinski definition) is 4. The van der Waals surface area contributed by atoms with Gasteiger partial charge < -0.3 is 5.11 Å². The standard InChI is InChI=1S/C15H24N2O2S/c1-3-5-12-13(8-15(18)19)20-14(16-12)10-17-7-4-6-11(2)9-17/h11H,3-10H2,1-2H3,(H,18,19). The van der Waals surface area contributed by atoms with E-state index >= 15 is 0 Å². The van der Waals surface area contributed by atoms with E-state index in [1.807, 2.05) is 0 Å². The number of carbonyl (C=O) groups is 1. The minimum atomic E-state index is -0.760. The first-order chi connectivity index (χ1) is 9.58. The molecule has 1 N–H and O–H groups in total. The van der Waals surface area contributed by atoms with Crippen molar-refractivity contribution in [1.29, 1.82) is 0 Å². The molecule has 0 aliphatic carbocycles. The zero-order valence-corrected chi connectivity index (χ0v) is 13.2. The summed E-state index contributed by atoms with van der Waals surface area (Å²) in [6.45, 7) is 7.56. The molecular weight excluding hydrogens is 272 g/mol. The van der Waals surface area contributed by atoms with Crippen LogP contribution in [0.25, 0.3) is 0 Å². The van der Waals surface area contributed by atoms with Gasteiger partial charge in [0.2, 0.25) is 0 Å². The number of piperidine rings is 1. The summed E-state index contributed by atoms with van der Waals surface area (Å²) >= 11 is 1.59. The van der Waals surface area contributed by atoms with Gasteiger partial charge >= 0.3 is 5.97 Å². The van der Waals surface area contributed by atoms with Gasteiger partial charge in [0.25, 0.3) is 0 Å². The first-order valence-electron chi connectivity index (χ1n) is 7.50. The largest absolute Gasteiger partial charge is 0.481 e. The summed E-state index contributed by atoms with van der Waals surface area (Å²) in [7, 11) is 0. The van der Waals surface area contributed by atoms with Crippen LogP contribution in [0.1, 0.15) is 48.7 Å². The molecule has 20 heavy (non-hydrogen) atoms. The zero-order chi connectivity index (χ0) is 14.5. The van der Waals surface area contributed by atoms with Crippen molar-refractivity contribution >= 4 is 17.3 Å². The van der Waals surface area contributed by atoms with Gasteiger partial charge in [-0.2, -0.15) is 0 Å². The molecule has 0 amide bonds. The van der Waals surface area contributed by atoms with Gasteiger partial charge in [-0.3, -0.25) is 9.69 Å². The molecule has 1 aliphatic heterocycles. The third kappa shape index (κ3) is 4.28. The average molecular weight is 296 g/mol. The van der Waals surface area contributed by atoms with Crippen LogP contribution < -0.4 is 0 Å². The maximum absolute atomic E-state index is 10.9. The number of nitrogens with zero attached hydrogens (tertiary/aromatic N) is 2. The lowest BCUT2D eigenvalue weighted by Crippen LogP contribution is -2.33. The van der Waals surface area contributed by atoms with Crippen molar-refractivity contribution in [1.82, 2.24) is 9.88 Å². The van der Waals surface area contributed by atoms with Crippen LogP contribution >= 0.6 is 11.3 Å². The normalized spacial score (nSPS) is 20.2. The average Bonchev–Trinajstić information content (AvgIpc) is 2.71. The fraction of sp³-hybridized carbons (Fsp3) is 0.733. The monoisotopic (exact) mass is 296 g/mol. The highest BCUT2D eigenvalue weighted by Gasteiger charge is 2.19. The van der Waals surface area contributed by atoms with Crippen molar-refractivity contribution in [2.75, 3.05) is 13.1 Å². The SMILES string of the molecule is CCCc1nc(CN2CCCC(C)C2)sc1CC(=O)O. The van der Waals surface area contributed by atoms with Gasteiger partial charge in [0.05, 0.1) is 18.7 Å². The molecule has 2 heterocycles. The minimum Gasteiger partial charge on any atom is -0.481 e. The fourth-order valence-electron chi connectivity index (χ4n) is 2.83. The number of carboxylic acid groups (broad SMARTS) is 1. The van der Waals surface area contributed by atoms with E-state index in [-0.39, 0.29) is 6.42 Å². The first-order valence-corrected chi connectivity index (χ1v) is 8.31. The summed E-state index contributed by atoms with van der Waals surface area (Å²) in [5.74, 6) is 0.00135. The van der Waals surface area contributed by atoms with Crippen LogP contribution in [0.2, 0.25) is 0 Å². The highest BCUT2D eigenvalue weighted by molar-refractivity contribution is 7.11. The highest BCUT2D eigenvalue weighted by atomic mass is 32.1. The van der Waals surface area contributed by atoms with Crippen molar-refractivity contribution in [3.8, 4) is 0 Å². The lowest BCUT2D eigenvalue weighted by Gasteiger charge is -2.29. The molecule has 1 saturated heterocycles. The quantitative estimate of drug-likeness (QED) is 0.877. The molecule has 0 bridgehead atoms. The number of likely N-dealkylation sites (tertiary alicyclic amines) is 1. The topological polar surface area (TPSA) is 53.4 Å². The molecule has 5 heteroatoms. The summed E-state index contributed by atoms with van der Waals surface area (Å²) in [5, 5.41) is 10.1. The van der Waals surface area contributed by atoms with E-state index in [0.717, 1.165) is 54.0 Å². The van der Waals surface area contributed by atoms with Crippen molar-refractivity contribution in [2.45, 2.75) is 52.5 Å². The second-order valence-corrected chi connectivity index (χ2v) is 6.95. The Morgan fingerprint density at radius 1 is 1.55 bits per heavy atom. The van der Waals surface area contributed by atoms with E-state index in [1.165, 1.54) is 12.8 Å². The number of aromatic nitrogens is 1. The Morgan fingerprint density at radius 3 is 3.00 bits per heavy atom. The van der Waals surface area contributed by atoms with Crippen LogP contribution in [0.3, 0.4) is 0 Å². The van der Waals surface area contributed by atoms with E-state index in [1.54, 1.807) is 11.3 Å². The van der Waals surface area contributed by atoms with Crippen molar-refractivity contribution < 1.29 is 9.90 Å². The van der Waals surface area contributed by atoms with Crippen LogP contribution in [0.5, 0.6) is 0 Å². The molecule has 1 aromatic heterocycles. The Labute approximate surface area is 124 Å². The molecule has 1 aliphatic rings. The summed E-state index contributed by atoms with van der Waals surface area (Å²) in [4.78, 5) is 19.0. The van der Waals surface area contributed by atoms with Crippen molar-refractivity contribution in [3.63, 3.8) is 0 Å². The van der Waals surface area contributed by atoms with Gasteiger partial charge in [-0.05, 0) is 31.7 Å². The van der Waals surface area contributed by atoms with Crippen LogP contribution in [0.4, 0.5) is 0 Å². The van der Waals surface area contributed by atoms with E-state index in [4.69, 9.17) is 5.11 Å². The Balaban J connectivity index is 2.05. The van der Waals surface area contributed by atoms with Gasteiger partial charge in [0.15, 0.2) is 0 Å². The predicted octanol–water partition coefficient (Wildman–Crippen LogP) is 2.95. The Bertz CT molecular complexity index is 459. The number of hydrogen-bond donors (Lipinski definition) is 1. The van der Waals surface area contributed by atoms with E-state index in [9.17, 15) is 4.79 Å². The molecular formula is C15H24N2O2S. The summed E-state index contributed by atoms with van der Waals surface area (Å²) < 4.78 is 0. The van der Waals surface area contributed by atoms with Crippen molar-refractivity contribution in [3.05, 3.63) is 15.6 Å². The molecule has 0 spiro atoms. The summed E-state index contributed by atoms with van der Waals surface area (Å²) in [5.41, 5.74) is 1.000. The van der Waals surface area contributed by atoms with Crippen LogP contribution in [-0.2, 0) is 24.2 Å². The third-order valence-electron chi connectivity index (χ3n) is 3.72. The summed E-state index contributed by atoms with van der Waals surface area (Å²) in [6.07, 6.45) is 4.59. The van der Waals surface area contributed by atoms with E-state index < -0.39 is 5.97 Å². The van der Waals surface area contributed by atoms with Gasteiger partial charge in [-0.15, -0.1) is 11.3 Å². The lowest BCUT2D eigenvalue weighted by atomic mass is 10.0. The molecule has 1 atom stereocenters. The number of carboxylic acids is 1. The lowest BCUT2D eigenvalue weighted by molar-refractivity contribution is -0.136. The molecule has 112 valence electrons. The second-order valence-electron chi connectivity index (χ2n) is 5.78. The molecule has 0 aromatic carbocycles. The molecule has 2 rings (SSSR count). The highest BCUT2D eigenvalue weighted by Crippen LogP contribution is 2.24. The summed E-state index contributed by atoms with van der Waals surface area (Å²) in [6, 6.07) is 0.